The largest absolute Gasteiger partial charge is 0.480 e. The predicted octanol–water partition coefficient (Wildman–Crippen LogP) is -0.166. The Labute approximate surface area is 81.2 Å². The molecule has 14 heavy (non-hydrogen) atoms. The molecule has 2 N–H and O–H groups in total. The van der Waals surface area contributed by atoms with Gasteiger partial charge >= 0.3 is 5.97 Å². The number of sulfonamides is 1. The quantitative estimate of drug-likeness (QED) is 0.734. The minimum Gasteiger partial charge on any atom is -0.480 e. The van der Waals surface area contributed by atoms with E-state index >= 15 is 0 Å². The first-order valence-corrected chi connectivity index (χ1v) is 5.35. The Morgan fingerprint density at radius 2 is 1.93 bits per heavy atom. The first kappa shape index (κ1) is 10.6. The Balaban J connectivity index is 2.83. The van der Waals surface area contributed by atoms with Gasteiger partial charge in [-0.05, 0) is 19.1 Å². The Hall–Kier alpha value is -1.50. The number of aromatic nitrogens is 1. The molecule has 7 heteroatoms. The van der Waals surface area contributed by atoms with Crippen molar-refractivity contribution in [3.63, 3.8) is 0 Å². The van der Waals surface area contributed by atoms with Gasteiger partial charge in [0, 0.05) is 12.4 Å². The molecular weight excluding hydrogens is 208 g/mol. The van der Waals surface area contributed by atoms with Gasteiger partial charge in [0.15, 0.2) is 5.25 Å². The van der Waals surface area contributed by atoms with Crippen molar-refractivity contribution < 1.29 is 18.3 Å². The van der Waals surface area contributed by atoms with E-state index in [0.717, 1.165) is 6.92 Å². The topological polar surface area (TPSA) is 88.4 Å². The van der Waals surface area contributed by atoms with Crippen LogP contribution in [0.3, 0.4) is 0 Å². The SMILES string of the molecule is CC(C(=O)O)S(=O)(=O)Nn1cccc1. The maximum atomic E-state index is 11.3. The van der Waals surface area contributed by atoms with Crippen molar-refractivity contribution in [2.24, 2.45) is 0 Å². The first-order valence-electron chi connectivity index (χ1n) is 3.81. The zero-order chi connectivity index (χ0) is 10.8. The molecule has 0 radical (unpaired) electrons. The van der Waals surface area contributed by atoms with Gasteiger partial charge in [0.1, 0.15) is 0 Å². The van der Waals surface area contributed by atoms with Crippen LogP contribution in [0.1, 0.15) is 6.92 Å². The standard InChI is InChI=1S/C7H10N2O4S/c1-6(7(10)11)14(12,13)8-9-4-2-3-5-9/h2-6,8H,1H3,(H,10,11). The fraction of sp³-hybridized carbons (Fsp3) is 0.286. The number of hydrogen-bond donors (Lipinski definition) is 2. The van der Waals surface area contributed by atoms with Crippen LogP contribution in [-0.2, 0) is 14.8 Å². The van der Waals surface area contributed by atoms with Crippen LogP contribution >= 0.6 is 0 Å². The maximum Gasteiger partial charge on any atom is 0.323 e. The molecule has 0 bridgehead atoms. The molecule has 1 aromatic rings. The smallest absolute Gasteiger partial charge is 0.323 e. The van der Waals surface area contributed by atoms with Crippen LogP contribution < -0.4 is 4.83 Å². The average molecular weight is 218 g/mol. The van der Waals surface area contributed by atoms with Gasteiger partial charge in [-0.2, -0.15) is 0 Å². The molecule has 0 fully saturated rings. The van der Waals surface area contributed by atoms with Crippen LogP contribution in [0, 0.1) is 0 Å². The van der Waals surface area contributed by atoms with E-state index in [1.54, 1.807) is 12.1 Å². The molecule has 1 unspecified atom stereocenters. The van der Waals surface area contributed by atoms with Crippen LogP contribution in [-0.4, -0.2) is 29.4 Å². The molecule has 78 valence electrons. The van der Waals surface area contributed by atoms with Gasteiger partial charge in [-0.15, -0.1) is 0 Å². The van der Waals surface area contributed by atoms with Crippen molar-refractivity contribution in [1.29, 1.82) is 0 Å². The lowest BCUT2D eigenvalue weighted by molar-refractivity contribution is -0.136. The molecule has 0 aliphatic heterocycles. The monoisotopic (exact) mass is 218 g/mol. The van der Waals surface area contributed by atoms with Crippen LogP contribution in [0.25, 0.3) is 0 Å². The van der Waals surface area contributed by atoms with E-state index in [1.807, 2.05) is 0 Å². The summed E-state index contributed by atoms with van der Waals surface area (Å²) in [5.74, 6) is -1.38. The van der Waals surface area contributed by atoms with Crippen molar-refractivity contribution >= 4 is 16.0 Å². The van der Waals surface area contributed by atoms with Gasteiger partial charge < -0.3 is 5.11 Å². The highest BCUT2D eigenvalue weighted by atomic mass is 32.2. The number of rotatable bonds is 4. The number of nitrogens with one attached hydrogen (secondary N) is 1. The molecular formula is C7H10N2O4S. The van der Waals surface area contributed by atoms with Crippen molar-refractivity contribution in [2.45, 2.75) is 12.2 Å². The number of hydrogen-bond acceptors (Lipinski definition) is 3. The summed E-state index contributed by atoms with van der Waals surface area (Å²) in [5.41, 5.74) is 0. The Morgan fingerprint density at radius 1 is 1.43 bits per heavy atom. The lowest BCUT2D eigenvalue weighted by Crippen LogP contribution is -2.35. The third-order valence-electron chi connectivity index (χ3n) is 1.65. The lowest BCUT2D eigenvalue weighted by atomic mass is 10.5. The summed E-state index contributed by atoms with van der Waals surface area (Å²) >= 11 is 0. The van der Waals surface area contributed by atoms with Crippen molar-refractivity contribution in [2.75, 3.05) is 4.83 Å². The Bertz CT molecular complexity index is 409. The molecule has 1 atom stereocenters. The zero-order valence-electron chi connectivity index (χ0n) is 7.41. The molecule has 0 aromatic carbocycles. The number of carbonyl (C=O) groups is 1. The number of carboxylic acids is 1. The number of carboxylic acid groups (broad SMARTS) is 1. The zero-order valence-corrected chi connectivity index (χ0v) is 8.23. The van der Waals surface area contributed by atoms with Gasteiger partial charge in [0.2, 0.25) is 0 Å². The van der Waals surface area contributed by atoms with Gasteiger partial charge in [-0.1, -0.05) is 0 Å². The summed E-state index contributed by atoms with van der Waals surface area (Å²) in [5, 5.41) is 7.04. The van der Waals surface area contributed by atoms with E-state index < -0.39 is 21.2 Å². The Morgan fingerprint density at radius 3 is 2.36 bits per heavy atom. The molecule has 6 nitrogen and oxygen atoms in total. The number of nitrogens with zero attached hydrogens (tertiary/aromatic N) is 1. The fourth-order valence-corrected chi connectivity index (χ4v) is 1.59. The van der Waals surface area contributed by atoms with Gasteiger partial charge in [0.05, 0.1) is 0 Å². The van der Waals surface area contributed by atoms with Crippen LogP contribution in [0.5, 0.6) is 0 Å². The second kappa shape index (κ2) is 3.70. The molecule has 1 rings (SSSR count). The molecule has 0 amide bonds. The summed E-state index contributed by atoms with van der Waals surface area (Å²) in [6, 6.07) is 3.24. The average Bonchev–Trinajstić information content (AvgIpc) is 2.54. The summed E-state index contributed by atoms with van der Waals surface area (Å²) in [6.07, 6.45) is 2.93. The fourth-order valence-electron chi connectivity index (χ4n) is 0.754. The third kappa shape index (κ3) is 2.25. The van der Waals surface area contributed by atoms with Gasteiger partial charge in [-0.25, -0.2) is 13.2 Å². The minimum absolute atomic E-state index is 1.11. The molecule has 0 saturated carbocycles. The van der Waals surface area contributed by atoms with E-state index in [9.17, 15) is 13.2 Å². The predicted molar refractivity (Wildman–Crippen MR) is 49.8 cm³/mol. The van der Waals surface area contributed by atoms with Crippen LogP contribution in [0.2, 0.25) is 0 Å². The molecule has 0 saturated heterocycles. The van der Waals surface area contributed by atoms with E-state index in [0.29, 0.717) is 0 Å². The molecule has 1 heterocycles. The first-order chi connectivity index (χ1) is 6.43. The highest BCUT2D eigenvalue weighted by molar-refractivity contribution is 7.93. The summed E-state index contributed by atoms with van der Waals surface area (Å²) < 4.78 is 23.8. The highest BCUT2D eigenvalue weighted by Gasteiger charge is 2.27. The summed E-state index contributed by atoms with van der Waals surface area (Å²) in [4.78, 5) is 12.5. The number of aliphatic carboxylic acids is 1. The maximum absolute atomic E-state index is 11.3. The van der Waals surface area contributed by atoms with E-state index in [1.165, 1.54) is 17.1 Å². The third-order valence-corrected chi connectivity index (χ3v) is 3.25. The Kier molecular flexibility index (Phi) is 2.80. The molecule has 0 aliphatic rings. The van der Waals surface area contributed by atoms with Gasteiger partial charge in [0.25, 0.3) is 10.0 Å². The molecule has 0 aliphatic carbocycles. The second-order valence-corrected chi connectivity index (χ2v) is 4.69. The van der Waals surface area contributed by atoms with Crippen molar-refractivity contribution in [3.05, 3.63) is 24.5 Å². The van der Waals surface area contributed by atoms with Crippen LogP contribution in [0.4, 0.5) is 0 Å². The van der Waals surface area contributed by atoms with Crippen molar-refractivity contribution in [3.8, 4) is 0 Å². The van der Waals surface area contributed by atoms with E-state index in [-0.39, 0.29) is 0 Å². The summed E-state index contributed by atoms with van der Waals surface area (Å²) in [6.45, 7) is 1.11. The second-order valence-electron chi connectivity index (χ2n) is 2.71. The highest BCUT2D eigenvalue weighted by Crippen LogP contribution is 2.00. The molecule has 1 aromatic heterocycles. The minimum atomic E-state index is -3.87. The molecule has 0 spiro atoms. The van der Waals surface area contributed by atoms with E-state index in [4.69, 9.17) is 5.11 Å². The van der Waals surface area contributed by atoms with Crippen molar-refractivity contribution in [1.82, 2.24) is 4.68 Å². The van der Waals surface area contributed by atoms with Crippen LogP contribution in [0.15, 0.2) is 24.5 Å². The van der Waals surface area contributed by atoms with E-state index in [2.05, 4.69) is 4.83 Å². The normalized spacial score (nSPS) is 13.5. The lowest BCUT2D eigenvalue weighted by Gasteiger charge is -2.11. The van der Waals surface area contributed by atoms with Gasteiger partial charge in [-0.3, -0.25) is 9.47 Å². The summed E-state index contributed by atoms with van der Waals surface area (Å²) in [7, 11) is -3.87.